The summed E-state index contributed by atoms with van der Waals surface area (Å²) < 4.78 is 55.9. The van der Waals surface area contributed by atoms with Crippen molar-refractivity contribution in [3.8, 4) is 5.75 Å². The maximum Gasteiger partial charge on any atom is 0.247 e. The van der Waals surface area contributed by atoms with Gasteiger partial charge in [0, 0.05) is 12.1 Å². The molecule has 1 heterocycles. The Hall–Kier alpha value is -2.59. The lowest BCUT2D eigenvalue weighted by atomic mass is 9.99. The molecular formula is C18H21N3O5S2. The molecule has 1 atom stereocenters. The van der Waals surface area contributed by atoms with E-state index >= 15 is 0 Å². The number of nitrogens with zero attached hydrogens (tertiary/aromatic N) is 2. The summed E-state index contributed by atoms with van der Waals surface area (Å²) in [4.78, 5) is 0. The van der Waals surface area contributed by atoms with Gasteiger partial charge in [0.1, 0.15) is 5.75 Å². The van der Waals surface area contributed by atoms with Gasteiger partial charge < -0.3 is 4.74 Å². The van der Waals surface area contributed by atoms with Gasteiger partial charge in [0.25, 0.3) is 0 Å². The molecule has 10 heteroatoms. The predicted octanol–water partition coefficient (Wildman–Crippen LogP) is 2.18. The average molecular weight is 424 g/mol. The number of hydrazone groups is 1. The fourth-order valence-electron chi connectivity index (χ4n) is 3.01. The molecule has 2 aromatic rings. The van der Waals surface area contributed by atoms with Crippen LogP contribution in [0.1, 0.15) is 23.6 Å². The molecule has 0 fully saturated rings. The van der Waals surface area contributed by atoms with Crippen LogP contribution in [0.2, 0.25) is 0 Å². The van der Waals surface area contributed by atoms with Crippen molar-refractivity contribution >= 4 is 31.4 Å². The zero-order valence-electron chi connectivity index (χ0n) is 15.7. The van der Waals surface area contributed by atoms with E-state index in [-0.39, 0.29) is 0 Å². The lowest BCUT2D eigenvalue weighted by Crippen LogP contribution is -2.25. The van der Waals surface area contributed by atoms with Gasteiger partial charge >= 0.3 is 0 Å². The Morgan fingerprint density at radius 1 is 1.07 bits per heavy atom. The molecule has 0 aliphatic carbocycles. The predicted molar refractivity (Wildman–Crippen MR) is 108 cm³/mol. The second kappa shape index (κ2) is 7.44. The number of methoxy groups -OCH3 is 1. The molecule has 0 saturated carbocycles. The molecule has 0 unspecified atom stereocenters. The Balaban J connectivity index is 1.92. The number of nitrogens with one attached hydrogen (secondary N) is 1. The van der Waals surface area contributed by atoms with Crippen molar-refractivity contribution in [3.63, 3.8) is 0 Å². The van der Waals surface area contributed by atoms with Gasteiger partial charge in [0.15, 0.2) is 0 Å². The Kier molecular flexibility index (Phi) is 5.35. The first-order valence-electron chi connectivity index (χ1n) is 8.36. The minimum Gasteiger partial charge on any atom is -0.497 e. The molecule has 3 rings (SSSR count). The van der Waals surface area contributed by atoms with Crippen LogP contribution in [0.5, 0.6) is 5.75 Å². The van der Waals surface area contributed by atoms with Crippen LogP contribution in [0.3, 0.4) is 0 Å². The maximum atomic E-state index is 12.3. The lowest BCUT2D eigenvalue weighted by Gasteiger charge is -2.21. The van der Waals surface area contributed by atoms with Gasteiger partial charge in [-0.05, 0) is 35.4 Å². The molecule has 150 valence electrons. The van der Waals surface area contributed by atoms with Crippen molar-refractivity contribution in [2.75, 3.05) is 24.3 Å². The number of anilines is 1. The zero-order chi connectivity index (χ0) is 20.5. The summed E-state index contributed by atoms with van der Waals surface area (Å²) in [7, 11) is -5.40. The average Bonchev–Trinajstić information content (AvgIpc) is 3.07. The van der Waals surface area contributed by atoms with Crippen LogP contribution in [0.25, 0.3) is 0 Å². The Morgan fingerprint density at radius 3 is 2.32 bits per heavy atom. The highest BCUT2D eigenvalue weighted by Crippen LogP contribution is 2.35. The Bertz CT molecular complexity index is 1110. The highest BCUT2D eigenvalue weighted by atomic mass is 32.2. The maximum absolute atomic E-state index is 12.3. The van der Waals surface area contributed by atoms with E-state index in [1.165, 1.54) is 0 Å². The van der Waals surface area contributed by atoms with E-state index in [1.807, 2.05) is 6.07 Å². The van der Waals surface area contributed by atoms with E-state index in [1.54, 1.807) is 49.6 Å². The van der Waals surface area contributed by atoms with E-state index < -0.39 is 26.1 Å². The van der Waals surface area contributed by atoms with Crippen LogP contribution >= 0.6 is 0 Å². The van der Waals surface area contributed by atoms with Crippen LogP contribution in [-0.4, -0.2) is 46.6 Å². The van der Waals surface area contributed by atoms with Crippen molar-refractivity contribution in [1.29, 1.82) is 0 Å². The summed E-state index contributed by atoms with van der Waals surface area (Å²) >= 11 is 0. The molecule has 0 bridgehead atoms. The second-order valence-corrected chi connectivity index (χ2v) is 10.1. The molecular weight excluding hydrogens is 402 g/mol. The standard InChI is InChI=1S/C18H21N3O5S2/c1-26-16-6-4-5-14(11-16)18-12-17(19-21(18)28(3,24)25)13-7-9-15(10-8-13)20-27(2,22)23/h4-11,18,20H,12H2,1-3H3/t18-/m0/s1. The first-order chi connectivity index (χ1) is 13.1. The zero-order valence-corrected chi connectivity index (χ0v) is 17.3. The molecule has 1 aliphatic rings. The molecule has 2 aromatic carbocycles. The van der Waals surface area contributed by atoms with E-state index in [2.05, 4.69) is 9.82 Å². The molecule has 0 saturated heterocycles. The number of rotatable bonds is 6. The molecule has 1 aliphatic heterocycles. The van der Waals surface area contributed by atoms with Gasteiger partial charge in [-0.15, -0.1) is 0 Å². The van der Waals surface area contributed by atoms with E-state index in [9.17, 15) is 16.8 Å². The van der Waals surface area contributed by atoms with Gasteiger partial charge in [-0.1, -0.05) is 24.3 Å². The molecule has 0 radical (unpaired) electrons. The third-order valence-corrected chi connectivity index (χ3v) is 5.83. The normalized spacial score (nSPS) is 17.3. The number of benzene rings is 2. The first kappa shape index (κ1) is 20.2. The highest BCUT2D eigenvalue weighted by molar-refractivity contribution is 7.92. The van der Waals surface area contributed by atoms with Crippen LogP contribution in [-0.2, 0) is 20.0 Å². The molecule has 0 amide bonds. The van der Waals surface area contributed by atoms with Gasteiger partial charge in [-0.2, -0.15) is 9.52 Å². The van der Waals surface area contributed by atoms with Gasteiger partial charge in [-0.3, -0.25) is 4.72 Å². The summed E-state index contributed by atoms with van der Waals surface area (Å²) in [5.74, 6) is 0.635. The van der Waals surface area contributed by atoms with Crippen LogP contribution in [0.4, 0.5) is 5.69 Å². The van der Waals surface area contributed by atoms with Crippen molar-refractivity contribution in [2.24, 2.45) is 5.10 Å². The van der Waals surface area contributed by atoms with Crippen LogP contribution in [0, 0.1) is 0 Å². The number of sulfonamides is 2. The molecule has 1 N–H and O–H groups in total. The summed E-state index contributed by atoms with van der Waals surface area (Å²) in [5.41, 5.74) is 2.52. The number of hydrogen-bond donors (Lipinski definition) is 1. The number of ether oxygens (including phenoxy) is 1. The molecule has 8 nitrogen and oxygen atoms in total. The number of hydrogen-bond acceptors (Lipinski definition) is 6. The smallest absolute Gasteiger partial charge is 0.247 e. The van der Waals surface area contributed by atoms with Crippen molar-refractivity contribution in [3.05, 3.63) is 59.7 Å². The quantitative estimate of drug-likeness (QED) is 0.767. The third kappa shape index (κ3) is 4.63. The topological polar surface area (TPSA) is 105 Å². The van der Waals surface area contributed by atoms with Crippen molar-refractivity contribution < 1.29 is 21.6 Å². The Morgan fingerprint density at radius 2 is 1.75 bits per heavy atom. The van der Waals surface area contributed by atoms with Gasteiger partial charge in [0.05, 0.1) is 31.4 Å². The van der Waals surface area contributed by atoms with Gasteiger partial charge in [0.2, 0.25) is 20.0 Å². The molecule has 0 spiro atoms. The molecule has 0 aromatic heterocycles. The largest absolute Gasteiger partial charge is 0.497 e. The minimum atomic E-state index is -3.58. The van der Waals surface area contributed by atoms with Crippen LogP contribution in [0.15, 0.2) is 53.6 Å². The van der Waals surface area contributed by atoms with E-state index in [0.717, 1.165) is 28.1 Å². The van der Waals surface area contributed by atoms with E-state index in [0.29, 0.717) is 23.6 Å². The summed E-state index contributed by atoms with van der Waals surface area (Å²) in [5, 5.41) is 4.33. The summed E-state index contributed by atoms with van der Waals surface area (Å²) in [6.07, 6.45) is 2.58. The van der Waals surface area contributed by atoms with E-state index in [4.69, 9.17) is 4.74 Å². The van der Waals surface area contributed by atoms with Crippen molar-refractivity contribution in [2.45, 2.75) is 12.5 Å². The monoisotopic (exact) mass is 423 g/mol. The second-order valence-electron chi connectivity index (χ2n) is 6.53. The molecule has 28 heavy (non-hydrogen) atoms. The third-order valence-electron chi connectivity index (χ3n) is 4.21. The SMILES string of the molecule is COc1cccc([C@@H]2CC(c3ccc(NS(C)(=O)=O)cc3)=NN2S(C)(=O)=O)c1. The summed E-state index contributed by atoms with van der Waals surface area (Å²) in [6, 6.07) is 13.4. The Labute approximate surface area is 164 Å². The first-order valence-corrected chi connectivity index (χ1v) is 12.1. The lowest BCUT2D eigenvalue weighted by molar-refractivity contribution is 0.371. The summed E-state index contributed by atoms with van der Waals surface area (Å²) in [6.45, 7) is 0. The minimum absolute atomic E-state index is 0.388. The highest BCUT2D eigenvalue weighted by Gasteiger charge is 2.34. The fraction of sp³-hybridized carbons (Fsp3) is 0.278. The van der Waals surface area contributed by atoms with Crippen molar-refractivity contribution in [1.82, 2.24) is 4.41 Å². The van der Waals surface area contributed by atoms with Gasteiger partial charge in [-0.25, -0.2) is 16.8 Å². The fourth-order valence-corrected chi connectivity index (χ4v) is 4.48. The van der Waals surface area contributed by atoms with Crippen LogP contribution < -0.4 is 9.46 Å².